The number of hydrazine groups is 1. The van der Waals surface area contributed by atoms with Crippen LogP contribution in [0.1, 0.15) is 33.1 Å². The maximum atomic E-state index is 14.3. The van der Waals surface area contributed by atoms with Gasteiger partial charge >= 0.3 is 0 Å². The molecule has 0 bridgehead atoms. The van der Waals surface area contributed by atoms with Crippen molar-refractivity contribution in [2.45, 2.75) is 38.0 Å². The summed E-state index contributed by atoms with van der Waals surface area (Å²) in [6.45, 7) is 6.79. The van der Waals surface area contributed by atoms with Gasteiger partial charge in [-0.25, -0.2) is 32.2 Å². The minimum Gasteiger partial charge on any atom is -0.397 e. The van der Waals surface area contributed by atoms with Crippen molar-refractivity contribution < 1.29 is 21.6 Å². The predicted molar refractivity (Wildman–Crippen MR) is 168 cm³/mol. The number of nitrogens with zero attached hydrogens (tertiary/aromatic N) is 2. The zero-order valence-corrected chi connectivity index (χ0v) is 26.2. The molecule has 8 nitrogen and oxygen atoms in total. The molecule has 2 unspecified atom stereocenters. The van der Waals surface area contributed by atoms with Crippen LogP contribution in [0.15, 0.2) is 93.5 Å². The van der Waals surface area contributed by atoms with Crippen molar-refractivity contribution >= 4 is 10.0 Å². The first-order valence-corrected chi connectivity index (χ1v) is 16.6. The van der Waals surface area contributed by atoms with E-state index < -0.39 is 27.6 Å². The topological polar surface area (TPSA) is 117 Å². The highest BCUT2D eigenvalue weighted by Crippen LogP contribution is 2.42. The number of halogens is 3. The standard InChI is InChI=1S/C33H39F3N6O2S/c1-3-29-33(31-21(2)25(34)11-12-30(31)40-29)28(37)20-42(38)19-22-13-16-41(17-14-22)18-15-39-45(43,44)24-9-7-23(8-10-24)32-26(35)5-4-6-27(32)36/h4-10,20-22,31,39-40H,3,13-19,37-38H2,1-2H3/b28-20-. The fraction of sp³-hybridized carbons (Fsp3) is 0.394. The van der Waals surface area contributed by atoms with E-state index in [9.17, 15) is 21.6 Å². The number of sulfonamides is 1. The first kappa shape index (κ1) is 32.6. The predicted octanol–water partition coefficient (Wildman–Crippen LogP) is 4.62. The van der Waals surface area contributed by atoms with Gasteiger partial charge < -0.3 is 21.0 Å². The molecule has 240 valence electrons. The van der Waals surface area contributed by atoms with Crippen molar-refractivity contribution in [2.75, 3.05) is 32.7 Å². The van der Waals surface area contributed by atoms with E-state index >= 15 is 0 Å². The summed E-state index contributed by atoms with van der Waals surface area (Å²) in [6, 6.07) is 9.07. The Morgan fingerprint density at radius 3 is 2.42 bits per heavy atom. The Kier molecular flexibility index (Phi) is 9.94. The summed E-state index contributed by atoms with van der Waals surface area (Å²) in [5, 5.41) is 4.92. The molecule has 6 N–H and O–H groups in total. The van der Waals surface area contributed by atoms with Crippen LogP contribution in [0.5, 0.6) is 0 Å². The molecule has 2 aromatic rings. The van der Waals surface area contributed by atoms with Gasteiger partial charge in [0.05, 0.1) is 21.9 Å². The first-order chi connectivity index (χ1) is 21.5. The molecule has 1 saturated heterocycles. The Labute approximate surface area is 262 Å². The van der Waals surface area contributed by atoms with Gasteiger partial charge in [0.1, 0.15) is 11.6 Å². The molecule has 5 rings (SSSR count). The molecule has 2 atom stereocenters. The van der Waals surface area contributed by atoms with Gasteiger partial charge in [0, 0.05) is 48.9 Å². The molecule has 12 heteroatoms. The fourth-order valence-corrected chi connectivity index (χ4v) is 7.28. The second kappa shape index (κ2) is 13.7. The monoisotopic (exact) mass is 640 g/mol. The van der Waals surface area contributed by atoms with Gasteiger partial charge in [0.2, 0.25) is 10.0 Å². The maximum Gasteiger partial charge on any atom is 0.240 e. The van der Waals surface area contributed by atoms with Gasteiger partial charge in [-0.3, -0.25) is 0 Å². The molecule has 45 heavy (non-hydrogen) atoms. The van der Waals surface area contributed by atoms with E-state index in [-0.39, 0.29) is 34.3 Å². The van der Waals surface area contributed by atoms with Gasteiger partial charge in [-0.15, -0.1) is 0 Å². The van der Waals surface area contributed by atoms with E-state index in [1.165, 1.54) is 30.3 Å². The van der Waals surface area contributed by atoms with Crippen molar-refractivity contribution in [1.29, 1.82) is 0 Å². The molecule has 0 spiro atoms. The number of nitrogens with one attached hydrogen (secondary N) is 2. The molecular formula is C33H39F3N6O2S. The number of benzene rings is 2. The lowest BCUT2D eigenvalue weighted by Gasteiger charge is -2.33. The van der Waals surface area contributed by atoms with Crippen LogP contribution in [0, 0.1) is 29.4 Å². The molecule has 1 fully saturated rings. The average Bonchev–Trinajstić information content (AvgIpc) is 3.40. The van der Waals surface area contributed by atoms with Crippen LogP contribution in [0.3, 0.4) is 0 Å². The van der Waals surface area contributed by atoms with Crippen molar-refractivity contribution in [1.82, 2.24) is 19.9 Å². The van der Waals surface area contributed by atoms with Crippen LogP contribution < -0.4 is 21.6 Å². The zero-order chi connectivity index (χ0) is 32.3. The fourth-order valence-electron chi connectivity index (χ4n) is 6.26. The number of fused-ring (bicyclic) bond motifs is 1. The lowest BCUT2D eigenvalue weighted by molar-refractivity contribution is 0.163. The molecular weight excluding hydrogens is 601 g/mol. The second-order valence-electron chi connectivity index (χ2n) is 11.7. The third-order valence-corrected chi connectivity index (χ3v) is 10.2. The minimum atomic E-state index is -3.79. The summed E-state index contributed by atoms with van der Waals surface area (Å²) >= 11 is 0. The Balaban J connectivity index is 1.09. The Bertz CT molecular complexity index is 1680. The number of hydrogen-bond donors (Lipinski definition) is 4. The highest BCUT2D eigenvalue weighted by Gasteiger charge is 2.38. The van der Waals surface area contributed by atoms with Gasteiger partial charge in [0.15, 0.2) is 5.83 Å². The summed E-state index contributed by atoms with van der Waals surface area (Å²) in [4.78, 5) is 2.22. The van der Waals surface area contributed by atoms with Crippen molar-refractivity contribution in [3.8, 4) is 11.1 Å². The number of hydrogen-bond acceptors (Lipinski definition) is 7. The van der Waals surface area contributed by atoms with Gasteiger partial charge in [-0.1, -0.05) is 32.0 Å². The Morgan fingerprint density at radius 2 is 1.78 bits per heavy atom. The molecule has 0 saturated carbocycles. The number of allylic oxidation sites excluding steroid dienone is 4. The van der Waals surface area contributed by atoms with E-state index in [1.54, 1.807) is 11.2 Å². The van der Waals surface area contributed by atoms with Crippen LogP contribution in [0.4, 0.5) is 13.2 Å². The lowest BCUT2D eigenvalue weighted by Crippen LogP contribution is -2.42. The van der Waals surface area contributed by atoms with E-state index in [0.717, 1.165) is 55.0 Å². The third-order valence-electron chi connectivity index (χ3n) is 8.73. The first-order valence-electron chi connectivity index (χ1n) is 15.1. The average molecular weight is 641 g/mol. The van der Waals surface area contributed by atoms with E-state index in [1.807, 2.05) is 13.8 Å². The van der Waals surface area contributed by atoms with Gasteiger partial charge in [-0.05, 0) is 79.6 Å². The number of nitrogens with two attached hydrogens (primary N) is 2. The van der Waals surface area contributed by atoms with E-state index in [0.29, 0.717) is 31.1 Å². The molecule has 0 radical (unpaired) electrons. The molecule has 0 aromatic heterocycles. The Hall–Kier alpha value is -3.76. The van der Waals surface area contributed by atoms with Crippen LogP contribution in [-0.2, 0) is 10.0 Å². The number of likely N-dealkylation sites (tertiary alicyclic amines) is 1. The SMILES string of the molecule is CCC1=C(/C(N)=C/N(N)CC2CCN(CCNS(=O)(=O)c3ccc(-c4c(F)cccc4F)cc3)CC2)C2C(=C=C=C(F)C2C)N1. The summed E-state index contributed by atoms with van der Waals surface area (Å²) in [5.41, 5.74) is 15.1. The second-order valence-corrected chi connectivity index (χ2v) is 13.5. The van der Waals surface area contributed by atoms with Crippen LogP contribution in [0.2, 0.25) is 0 Å². The maximum absolute atomic E-state index is 14.3. The molecule has 2 aliphatic heterocycles. The van der Waals surface area contributed by atoms with E-state index in [4.69, 9.17) is 11.6 Å². The van der Waals surface area contributed by atoms with Crippen molar-refractivity contribution in [3.63, 3.8) is 0 Å². The van der Waals surface area contributed by atoms with Gasteiger partial charge in [0.25, 0.3) is 0 Å². The van der Waals surface area contributed by atoms with Crippen LogP contribution >= 0.6 is 0 Å². The number of rotatable bonds is 11. The van der Waals surface area contributed by atoms with E-state index in [2.05, 4.69) is 26.4 Å². The molecule has 3 aliphatic rings. The smallest absolute Gasteiger partial charge is 0.240 e. The minimum absolute atomic E-state index is 0.0236. The third kappa shape index (κ3) is 7.23. The molecule has 2 aromatic carbocycles. The highest BCUT2D eigenvalue weighted by atomic mass is 32.2. The van der Waals surface area contributed by atoms with Crippen LogP contribution in [0.25, 0.3) is 11.1 Å². The summed E-state index contributed by atoms with van der Waals surface area (Å²) < 4.78 is 70.8. The zero-order valence-electron chi connectivity index (χ0n) is 25.4. The largest absolute Gasteiger partial charge is 0.397 e. The lowest BCUT2D eigenvalue weighted by atomic mass is 9.82. The summed E-state index contributed by atoms with van der Waals surface area (Å²) in [5.74, 6) is 4.29. The quantitative estimate of drug-likeness (QED) is 0.161. The van der Waals surface area contributed by atoms with Gasteiger partial charge in [-0.2, -0.15) is 0 Å². The molecule has 0 amide bonds. The summed E-state index contributed by atoms with van der Waals surface area (Å²) in [6.07, 6.45) is 4.21. The van der Waals surface area contributed by atoms with Crippen molar-refractivity contribution in [2.24, 2.45) is 29.3 Å². The molecule has 2 heterocycles. The van der Waals surface area contributed by atoms with Crippen LogP contribution in [-0.4, -0.2) is 51.1 Å². The molecule has 1 aliphatic carbocycles. The van der Waals surface area contributed by atoms with Crippen molar-refractivity contribution in [3.05, 3.63) is 100 Å². The number of piperidine rings is 1. The normalized spacial score (nSPS) is 21.0. The summed E-state index contributed by atoms with van der Waals surface area (Å²) in [7, 11) is -3.79. The highest BCUT2D eigenvalue weighted by molar-refractivity contribution is 7.89. The Morgan fingerprint density at radius 1 is 1.11 bits per heavy atom.